The van der Waals surface area contributed by atoms with Crippen molar-refractivity contribution in [3.05, 3.63) is 44.7 Å². The van der Waals surface area contributed by atoms with E-state index in [0.717, 1.165) is 0 Å². The summed E-state index contributed by atoms with van der Waals surface area (Å²) in [6.07, 6.45) is 0. The molecule has 24 heavy (non-hydrogen) atoms. The summed E-state index contributed by atoms with van der Waals surface area (Å²) in [5.74, 6) is -0.138. The van der Waals surface area contributed by atoms with Crippen LogP contribution in [-0.2, 0) is 4.79 Å². The van der Waals surface area contributed by atoms with Crippen molar-refractivity contribution in [3.63, 3.8) is 0 Å². The van der Waals surface area contributed by atoms with Crippen LogP contribution in [0.1, 0.15) is 24.4 Å². The lowest BCUT2D eigenvalue weighted by molar-refractivity contribution is -0.384. The third-order valence-electron chi connectivity index (χ3n) is 3.64. The van der Waals surface area contributed by atoms with Gasteiger partial charge in [0.15, 0.2) is 0 Å². The van der Waals surface area contributed by atoms with Crippen molar-refractivity contribution in [1.82, 2.24) is 9.78 Å². The van der Waals surface area contributed by atoms with Gasteiger partial charge >= 0.3 is 0 Å². The van der Waals surface area contributed by atoms with Gasteiger partial charge < -0.3 is 10.1 Å². The Morgan fingerprint density at radius 3 is 2.62 bits per heavy atom. The number of hydrogen-bond donors (Lipinski definition) is 1. The van der Waals surface area contributed by atoms with Gasteiger partial charge in [-0.3, -0.25) is 19.6 Å². The van der Waals surface area contributed by atoms with Crippen LogP contribution < -0.4 is 10.1 Å². The molecule has 1 amide bonds. The average Bonchev–Trinajstić information content (AvgIpc) is 2.81. The number of aromatic nitrogens is 2. The number of nitrogens with one attached hydrogen (secondary N) is 1. The highest BCUT2D eigenvalue weighted by molar-refractivity contribution is 6.31. The Morgan fingerprint density at radius 2 is 2.12 bits per heavy atom. The average molecular weight is 353 g/mol. The zero-order chi connectivity index (χ0) is 18.0. The number of amides is 1. The van der Waals surface area contributed by atoms with E-state index < -0.39 is 11.0 Å². The van der Waals surface area contributed by atoms with E-state index >= 15 is 0 Å². The first-order chi connectivity index (χ1) is 11.3. The number of rotatable bonds is 5. The molecule has 0 fully saturated rings. The van der Waals surface area contributed by atoms with E-state index in [1.54, 1.807) is 20.8 Å². The smallest absolute Gasteiger partial charge is 0.273 e. The summed E-state index contributed by atoms with van der Waals surface area (Å²) >= 11 is 6.10. The van der Waals surface area contributed by atoms with Crippen molar-refractivity contribution >= 4 is 28.9 Å². The van der Waals surface area contributed by atoms with Crippen LogP contribution in [0.15, 0.2) is 18.2 Å². The number of halogens is 1. The highest BCUT2D eigenvalue weighted by Gasteiger charge is 2.22. The van der Waals surface area contributed by atoms with E-state index in [4.69, 9.17) is 16.3 Å². The number of carbonyl (C=O) groups excluding carboxylic acids is 1. The van der Waals surface area contributed by atoms with Crippen molar-refractivity contribution < 1.29 is 14.5 Å². The summed E-state index contributed by atoms with van der Waals surface area (Å²) in [5.41, 5.74) is 1.55. The highest BCUT2D eigenvalue weighted by atomic mass is 35.5. The van der Waals surface area contributed by atoms with Crippen LogP contribution in [-0.4, -0.2) is 27.7 Å². The molecule has 0 aliphatic carbocycles. The molecule has 8 nitrogen and oxygen atoms in total. The number of ether oxygens (including phenoxy) is 1. The zero-order valence-electron chi connectivity index (χ0n) is 13.7. The molecule has 0 saturated heterocycles. The number of aryl methyl sites for hydroxylation is 1. The maximum Gasteiger partial charge on any atom is 0.273 e. The fourth-order valence-corrected chi connectivity index (χ4v) is 2.39. The molecule has 9 heteroatoms. The van der Waals surface area contributed by atoms with Gasteiger partial charge in [0.25, 0.3) is 5.69 Å². The van der Waals surface area contributed by atoms with Crippen LogP contribution in [0.5, 0.6) is 5.75 Å². The number of hydrogen-bond acceptors (Lipinski definition) is 5. The predicted molar refractivity (Wildman–Crippen MR) is 89.7 cm³/mol. The Morgan fingerprint density at radius 1 is 1.46 bits per heavy atom. The van der Waals surface area contributed by atoms with E-state index in [9.17, 15) is 14.9 Å². The van der Waals surface area contributed by atoms with Gasteiger partial charge in [0.1, 0.15) is 11.8 Å². The summed E-state index contributed by atoms with van der Waals surface area (Å²) in [6.45, 7) is 5.22. The number of nitro groups is 1. The molecular formula is C15H17ClN4O4. The van der Waals surface area contributed by atoms with Gasteiger partial charge in [0.2, 0.25) is 5.91 Å². The van der Waals surface area contributed by atoms with Crippen molar-refractivity contribution in [1.29, 1.82) is 0 Å². The molecule has 1 heterocycles. The topological polar surface area (TPSA) is 99.3 Å². The first kappa shape index (κ1) is 17.7. The number of methoxy groups -OCH3 is 1. The van der Waals surface area contributed by atoms with E-state index in [1.807, 2.05) is 0 Å². The highest BCUT2D eigenvalue weighted by Crippen LogP contribution is 2.30. The van der Waals surface area contributed by atoms with Gasteiger partial charge in [-0.2, -0.15) is 5.10 Å². The Labute approximate surface area is 143 Å². The molecule has 0 saturated carbocycles. The summed E-state index contributed by atoms with van der Waals surface area (Å²) in [7, 11) is 1.37. The van der Waals surface area contributed by atoms with Crippen LogP contribution in [0.3, 0.4) is 0 Å². The van der Waals surface area contributed by atoms with Crippen molar-refractivity contribution in [3.8, 4) is 5.75 Å². The minimum atomic E-state index is -0.615. The van der Waals surface area contributed by atoms with Gasteiger partial charge in [-0.15, -0.1) is 0 Å². The third kappa shape index (κ3) is 3.33. The first-order valence-electron chi connectivity index (χ1n) is 7.10. The number of benzene rings is 1. The Kier molecular flexibility index (Phi) is 5.08. The fraction of sp³-hybridized carbons (Fsp3) is 0.333. The lowest BCUT2D eigenvalue weighted by atomic mass is 10.2. The molecule has 0 spiro atoms. The van der Waals surface area contributed by atoms with Gasteiger partial charge in [0, 0.05) is 6.07 Å². The molecule has 1 aromatic heterocycles. The van der Waals surface area contributed by atoms with Crippen LogP contribution in [0, 0.1) is 24.0 Å². The van der Waals surface area contributed by atoms with Crippen LogP contribution in [0.4, 0.5) is 11.4 Å². The molecule has 0 aliphatic heterocycles. The van der Waals surface area contributed by atoms with Crippen molar-refractivity contribution in [2.24, 2.45) is 0 Å². The second-order valence-electron chi connectivity index (χ2n) is 5.24. The van der Waals surface area contributed by atoms with Gasteiger partial charge in [0.05, 0.1) is 40.2 Å². The molecule has 1 unspecified atom stereocenters. The molecular weight excluding hydrogens is 336 g/mol. The predicted octanol–water partition coefficient (Wildman–Crippen LogP) is 3.27. The molecule has 0 aliphatic rings. The molecule has 128 valence electrons. The molecule has 1 atom stereocenters. The zero-order valence-corrected chi connectivity index (χ0v) is 14.4. The Balaban J connectivity index is 2.25. The summed E-state index contributed by atoms with van der Waals surface area (Å²) in [6, 6.07) is 3.36. The fourth-order valence-electron chi connectivity index (χ4n) is 2.26. The second-order valence-corrected chi connectivity index (χ2v) is 5.61. The second kappa shape index (κ2) is 6.88. The SMILES string of the molecule is COc1cc([N+](=O)[O-])ccc1NC(=O)C(C)n1nc(C)c(Cl)c1C. The van der Waals surface area contributed by atoms with Crippen LogP contribution >= 0.6 is 11.6 Å². The summed E-state index contributed by atoms with van der Waals surface area (Å²) in [5, 5.41) is 18.3. The number of nitro benzene ring substituents is 1. The lowest BCUT2D eigenvalue weighted by Gasteiger charge is -2.16. The van der Waals surface area contributed by atoms with Crippen LogP contribution in [0.25, 0.3) is 0 Å². The molecule has 1 aromatic carbocycles. The van der Waals surface area contributed by atoms with Gasteiger partial charge in [-0.25, -0.2) is 0 Å². The largest absolute Gasteiger partial charge is 0.494 e. The van der Waals surface area contributed by atoms with E-state index in [2.05, 4.69) is 10.4 Å². The standard InChI is InChI=1S/C15H17ClN4O4/c1-8-14(16)9(2)19(18-8)10(3)15(21)17-12-6-5-11(20(22)23)7-13(12)24-4/h5-7,10H,1-4H3,(H,17,21). The third-order valence-corrected chi connectivity index (χ3v) is 4.18. The number of anilines is 1. The normalized spacial score (nSPS) is 11.9. The number of carbonyl (C=O) groups is 1. The van der Waals surface area contributed by atoms with Crippen LogP contribution in [0.2, 0.25) is 5.02 Å². The van der Waals surface area contributed by atoms with Crippen molar-refractivity contribution in [2.45, 2.75) is 26.8 Å². The molecule has 2 rings (SSSR count). The van der Waals surface area contributed by atoms with Crippen molar-refractivity contribution in [2.75, 3.05) is 12.4 Å². The van der Waals surface area contributed by atoms with Gasteiger partial charge in [-0.05, 0) is 26.8 Å². The number of nitrogens with zero attached hydrogens (tertiary/aromatic N) is 3. The molecule has 0 radical (unpaired) electrons. The Bertz CT molecular complexity index is 803. The monoisotopic (exact) mass is 352 g/mol. The minimum Gasteiger partial charge on any atom is -0.494 e. The maximum absolute atomic E-state index is 12.5. The first-order valence-corrected chi connectivity index (χ1v) is 7.48. The quantitative estimate of drug-likeness (QED) is 0.657. The number of non-ortho nitro benzene ring substituents is 1. The van der Waals surface area contributed by atoms with E-state index in [0.29, 0.717) is 22.1 Å². The summed E-state index contributed by atoms with van der Waals surface area (Å²) in [4.78, 5) is 22.7. The van der Waals surface area contributed by atoms with Gasteiger partial charge in [-0.1, -0.05) is 11.6 Å². The molecule has 0 bridgehead atoms. The lowest BCUT2D eigenvalue weighted by Crippen LogP contribution is -2.25. The van der Waals surface area contributed by atoms with E-state index in [-0.39, 0.29) is 17.3 Å². The van der Waals surface area contributed by atoms with E-state index in [1.165, 1.54) is 30.0 Å². The molecule has 1 N–H and O–H groups in total. The molecule has 2 aromatic rings. The Hall–Kier alpha value is -2.61. The minimum absolute atomic E-state index is 0.122. The maximum atomic E-state index is 12.5. The summed E-state index contributed by atoms with van der Waals surface area (Å²) < 4.78 is 6.64.